The van der Waals surface area contributed by atoms with Crippen molar-refractivity contribution < 1.29 is 9.90 Å². The summed E-state index contributed by atoms with van der Waals surface area (Å²) in [5.74, 6) is 0.0540. The summed E-state index contributed by atoms with van der Waals surface area (Å²) in [6.07, 6.45) is 0.232. The molecule has 4 N–H and O–H groups in total. The second-order valence-corrected chi connectivity index (χ2v) is 4.67. The minimum Gasteiger partial charge on any atom is -0.508 e. The second kappa shape index (κ2) is 6.73. The fourth-order valence-electron chi connectivity index (χ4n) is 1.96. The van der Waals surface area contributed by atoms with E-state index in [4.69, 9.17) is 5.73 Å². The molecule has 1 atom stereocenters. The predicted molar refractivity (Wildman–Crippen MR) is 78.2 cm³/mol. The Morgan fingerprint density at radius 2 is 1.90 bits per heavy atom. The normalized spacial score (nSPS) is 11.8. The van der Waals surface area contributed by atoms with E-state index >= 15 is 0 Å². The molecule has 0 aliphatic rings. The van der Waals surface area contributed by atoms with Crippen molar-refractivity contribution in [3.8, 4) is 5.75 Å². The minimum absolute atomic E-state index is 0.109. The Labute approximate surface area is 118 Å². The van der Waals surface area contributed by atoms with Crippen LogP contribution in [-0.4, -0.2) is 17.6 Å². The quantitative estimate of drug-likeness (QED) is 0.774. The van der Waals surface area contributed by atoms with E-state index in [-0.39, 0.29) is 24.1 Å². The van der Waals surface area contributed by atoms with Gasteiger partial charge in [-0.05, 0) is 23.3 Å². The molecule has 0 aliphatic heterocycles. The van der Waals surface area contributed by atoms with E-state index in [1.807, 2.05) is 30.3 Å². The zero-order valence-electron chi connectivity index (χ0n) is 11.1. The molecule has 2 aromatic rings. The third-order valence-electron chi connectivity index (χ3n) is 3.02. The Bertz CT molecular complexity index is 570. The number of rotatable bonds is 5. The van der Waals surface area contributed by atoms with Gasteiger partial charge in [-0.3, -0.25) is 4.79 Å². The Morgan fingerprint density at radius 3 is 2.60 bits per heavy atom. The van der Waals surface area contributed by atoms with Gasteiger partial charge in [0.2, 0.25) is 5.91 Å². The van der Waals surface area contributed by atoms with Crippen LogP contribution in [0.25, 0.3) is 0 Å². The highest BCUT2D eigenvalue weighted by atomic mass is 16.3. The molecule has 0 bridgehead atoms. The van der Waals surface area contributed by atoms with Gasteiger partial charge in [0.1, 0.15) is 5.75 Å². The van der Waals surface area contributed by atoms with Gasteiger partial charge >= 0.3 is 0 Å². The number of hydrogen-bond acceptors (Lipinski definition) is 3. The van der Waals surface area contributed by atoms with Crippen LogP contribution in [0.5, 0.6) is 5.75 Å². The standard InChI is InChI=1S/C16H18N2O2/c17-15(13-6-2-1-3-7-13)11-18-16(20)10-12-5-4-8-14(19)9-12/h1-9,15,19H,10-11,17H2,(H,18,20). The molecule has 2 rings (SSSR count). The average Bonchev–Trinajstić information content (AvgIpc) is 2.46. The molecule has 0 radical (unpaired) electrons. The zero-order valence-corrected chi connectivity index (χ0v) is 11.1. The van der Waals surface area contributed by atoms with Crippen LogP contribution in [0.3, 0.4) is 0 Å². The summed E-state index contributed by atoms with van der Waals surface area (Å²) in [4.78, 5) is 11.8. The molecule has 1 amide bonds. The fourth-order valence-corrected chi connectivity index (χ4v) is 1.96. The van der Waals surface area contributed by atoms with Crippen molar-refractivity contribution in [1.82, 2.24) is 5.32 Å². The van der Waals surface area contributed by atoms with Gasteiger partial charge < -0.3 is 16.2 Å². The first-order valence-electron chi connectivity index (χ1n) is 6.50. The molecule has 0 heterocycles. The van der Waals surface area contributed by atoms with E-state index in [0.29, 0.717) is 6.54 Å². The van der Waals surface area contributed by atoms with E-state index in [2.05, 4.69) is 5.32 Å². The molecule has 0 fully saturated rings. The molecule has 0 saturated carbocycles. The molecular weight excluding hydrogens is 252 g/mol. The Balaban J connectivity index is 1.83. The van der Waals surface area contributed by atoms with Gasteiger partial charge in [-0.2, -0.15) is 0 Å². The molecule has 0 spiro atoms. The van der Waals surface area contributed by atoms with Crippen molar-refractivity contribution >= 4 is 5.91 Å². The lowest BCUT2D eigenvalue weighted by Crippen LogP contribution is -2.32. The summed E-state index contributed by atoms with van der Waals surface area (Å²) in [5.41, 5.74) is 7.77. The molecule has 4 heteroatoms. The number of nitrogens with two attached hydrogens (primary N) is 1. The number of benzene rings is 2. The molecule has 0 aliphatic carbocycles. The van der Waals surface area contributed by atoms with Crippen molar-refractivity contribution in [3.63, 3.8) is 0 Å². The first-order chi connectivity index (χ1) is 9.65. The van der Waals surface area contributed by atoms with Crippen LogP contribution in [0.2, 0.25) is 0 Å². The van der Waals surface area contributed by atoms with Crippen molar-refractivity contribution in [1.29, 1.82) is 0 Å². The first kappa shape index (κ1) is 14.1. The van der Waals surface area contributed by atoms with E-state index in [1.165, 1.54) is 0 Å². The van der Waals surface area contributed by atoms with Gasteiger partial charge in [-0.25, -0.2) is 0 Å². The Morgan fingerprint density at radius 1 is 1.15 bits per heavy atom. The maximum atomic E-state index is 11.8. The number of amides is 1. The summed E-state index contributed by atoms with van der Waals surface area (Å²) in [7, 11) is 0. The highest BCUT2D eigenvalue weighted by molar-refractivity contribution is 5.78. The van der Waals surface area contributed by atoms with Crippen LogP contribution in [0.15, 0.2) is 54.6 Å². The van der Waals surface area contributed by atoms with E-state index in [0.717, 1.165) is 11.1 Å². The van der Waals surface area contributed by atoms with Crippen LogP contribution in [-0.2, 0) is 11.2 Å². The van der Waals surface area contributed by atoms with Crippen molar-refractivity contribution in [3.05, 3.63) is 65.7 Å². The monoisotopic (exact) mass is 270 g/mol. The van der Waals surface area contributed by atoms with Crippen LogP contribution in [0.4, 0.5) is 0 Å². The Hall–Kier alpha value is -2.33. The third-order valence-corrected chi connectivity index (χ3v) is 3.02. The zero-order chi connectivity index (χ0) is 14.4. The number of carbonyl (C=O) groups is 1. The van der Waals surface area contributed by atoms with E-state index < -0.39 is 0 Å². The maximum Gasteiger partial charge on any atom is 0.224 e. The number of carbonyl (C=O) groups excluding carboxylic acids is 1. The van der Waals surface area contributed by atoms with Gasteiger partial charge in [0, 0.05) is 12.6 Å². The van der Waals surface area contributed by atoms with E-state index in [9.17, 15) is 9.90 Å². The predicted octanol–water partition coefficient (Wildman–Crippen LogP) is 1.75. The summed E-state index contributed by atoms with van der Waals surface area (Å²) >= 11 is 0. The SMILES string of the molecule is NC(CNC(=O)Cc1cccc(O)c1)c1ccccc1. The number of aromatic hydroxyl groups is 1. The Kier molecular flexibility index (Phi) is 4.74. The summed E-state index contributed by atoms with van der Waals surface area (Å²) in [5, 5.41) is 12.1. The van der Waals surface area contributed by atoms with E-state index in [1.54, 1.807) is 24.3 Å². The van der Waals surface area contributed by atoms with Crippen molar-refractivity contribution in [2.75, 3.05) is 6.54 Å². The highest BCUT2D eigenvalue weighted by Crippen LogP contribution is 2.11. The largest absolute Gasteiger partial charge is 0.508 e. The summed E-state index contributed by atoms with van der Waals surface area (Å²) < 4.78 is 0. The lowest BCUT2D eigenvalue weighted by Gasteiger charge is -2.13. The molecular formula is C16H18N2O2. The molecule has 0 saturated heterocycles. The highest BCUT2D eigenvalue weighted by Gasteiger charge is 2.08. The van der Waals surface area contributed by atoms with Crippen LogP contribution >= 0.6 is 0 Å². The van der Waals surface area contributed by atoms with Crippen LogP contribution in [0, 0.1) is 0 Å². The molecule has 0 aromatic heterocycles. The van der Waals surface area contributed by atoms with Gasteiger partial charge in [-0.15, -0.1) is 0 Å². The fraction of sp³-hybridized carbons (Fsp3) is 0.188. The smallest absolute Gasteiger partial charge is 0.224 e. The second-order valence-electron chi connectivity index (χ2n) is 4.67. The van der Waals surface area contributed by atoms with Gasteiger partial charge in [0.15, 0.2) is 0 Å². The molecule has 1 unspecified atom stereocenters. The molecule has 4 nitrogen and oxygen atoms in total. The summed E-state index contributed by atoms with van der Waals surface area (Å²) in [6, 6.07) is 16.1. The summed E-state index contributed by atoms with van der Waals surface area (Å²) in [6.45, 7) is 0.391. The van der Waals surface area contributed by atoms with Gasteiger partial charge in [-0.1, -0.05) is 42.5 Å². The number of phenolic OH excluding ortho intramolecular Hbond substituents is 1. The average molecular weight is 270 g/mol. The molecule has 2 aromatic carbocycles. The van der Waals surface area contributed by atoms with Gasteiger partial charge in [0.05, 0.1) is 6.42 Å². The van der Waals surface area contributed by atoms with Gasteiger partial charge in [0.25, 0.3) is 0 Å². The number of nitrogens with one attached hydrogen (secondary N) is 1. The lowest BCUT2D eigenvalue weighted by molar-refractivity contribution is -0.120. The van der Waals surface area contributed by atoms with Crippen LogP contribution < -0.4 is 11.1 Å². The first-order valence-corrected chi connectivity index (χ1v) is 6.50. The van der Waals surface area contributed by atoms with Crippen molar-refractivity contribution in [2.24, 2.45) is 5.73 Å². The maximum absolute atomic E-state index is 11.8. The van der Waals surface area contributed by atoms with Crippen molar-refractivity contribution in [2.45, 2.75) is 12.5 Å². The number of hydrogen-bond donors (Lipinski definition) is 3. The third kappa shape index (κ3) is 4.10. The van der Waals surface area contributed by atoms with Crippen LogP contribution in [0.1, 0.15) is 17.2 Å². The topological polar surface area (TPSA) is 75.3 Å². The lowest BCUT2D eigenvalue weighted by atomic mass is 10.1. The number of phenols is 1. The molecule has 20 heavy (non-hydrogen) atoms. The molecule has 104 valence electrons. The minimum atomic E-state index is -0.218.